The molecular formula is C13H16BrN3O3S. The van der Waals surface area contributed by atoms with Gasteiger partial charge in [0.05, 0.1) is 11.3 Å². The minimum atomic E-state index is -3.56. The molecule has 0 unspecified atom stereocenters. The Morgan fingerprint density at radius 3 is 2.86 bits per heavy atom. The number of amides is 1. The van der Waals surface area contributed by atoms with E-state index in [0.29, 0.717) is 29.8 Å². The first-order chi connectivity index (χ1) is 9.88. The van der Waals surface area contributed by atoms with E-state index in [1.165, 1.54) is 4.31 Å². The highest BCUT2D eigenvalue weighted by atomic mass is 79.9. The second-order valence-corrected chi connectivity index (χ2v) is 8.14. The number of halogens is 1. The molecule has 114 valence electrons. The number of rotatable bonds is 2. The van der Waals surface area contributed by atoms with Crippen LogP contribution in [0.15, 0.2) is 21.5 Å². The molecule has 1 saturated heterocycles. The van der Waals surface area contributed by atoms with Gasteiger partial charge in [-0.25, -0.2) is 8.42 Å². The summed E-state index contributed by atoms with van der Waals surface area (Å²) >= 11 is 3.31. The van der Waals surface area contributed by atoms with Gasteiger partial charge in [-0.2, -0.15) is 4.31 Å². The van der Waals surface area contributed by atoms with Gasteiger partial charge in [0.15, 0.2) is 0 Å². The molecule has 1 atom stereocenters. The van der Waals surface area contributed by atoms with Gasteiger partial charge in [0.1, 0.15) is 0 Å². The number of nitrogens with one attached hydrogen (secondary N) is 2. The largest absolute Gasteiger partial charge is 0.325 e. The topological polar surface area (TPSA) is 78.5 Å². The highest BCUT2D eigenvalue weighted by molar-refractivity contribution is 9.10. The Labute approximate surface area is 132 Å². The highest BCUT2D eigenvalue weighted by Crippen LogP contribution is 2.34. The lowest BCUT2D eigenvalue weighted by Crippen LogP contribution is -2.51. The van der Waals surface area contributed by atoms with Crippen molar-refractivity contribution >= 4 is 37.5 Å². The van der Waals surface area contributed by atoms with Crippen molar-refractivity contribution in [2.24, 2.45) is 0 Å². The lowest BCUT2D eigenvalue weighted by atomic mass is 10.2. The van der Waals surface area contributed by atoms with Crippen molar-refractivity contribution in [3.05, 3.63) is 22.2 Å². The van der Waals surface area contributed by atoms with Gasteiger partial charge >= 0.3 is 0 Å². The van der Waals surface area contributed by atoms with Crippen LogP contribution in [0.25, 0.3) is 0 Å². The van der Waals surface area contributed by atoms with Gasteiger partial charge in [0.2, 0.25) is 15.9 Å². The fraction of sp³-hybridized carbons (Fsp3) is 0.462. The molecule has 1 aromatic carbocycles. The zero-order valence-electron chi connectivity index (χ0n) is 11.5. The summed E-state index contributed by atoms with van der Waals surface area (Å²) in [6, 6.07) is 3.39. The number of anilines is 1. The minimum absolute atomic E-state index is 0.109. The van der Waals surface area contributed by atoms with Crippen molar-refractivity contribution in [2.45, 2.75) is 24.3 Å². The van der Waals surface area contributed by atoms with Gasteiger partial charge < -0.3 is 10.6 Å². The van der Waals surface area contributed by atoms with E-state index in [-0.39, 0.29) is 23.3 Å². The third kappa shape index (κ3) is 2.73. The summed E-state index contributed by atoms with van der Waals surface area (Å²) < 4.78 is 27.6. The predicted octanol–water partition coefficient (Wildman–Crippen LogP) is 0.926. The first kappa shape index (κ1) is 15.0. The van der Waals surface area contributed by atoms with Crippen molar-refractivity contribution in [3.63, 3.8) is 0 Å². The number of nitrogens with zero attached hydrogens (tertiary/aromatic N) is 1. The van der Waals surface area contributed by atoms with Crippen LogP contribution in [0.1, 0.15) is 12.5 Å². The second kappa shape index (κ2) is 5.35. The number of fused-ring (bicyclic) bond motifs is 1. The van der Waals surface area contributed by atoms with Gasteiger partial charge in [-0.1, -0.05) is 0 Å². The molecule has 0 spiro atoms. The Kier molecular flexibility index (Phi) is 3.81. The van der Waals surface area contributed by atoms with Crippen LogP contribution in [0, 0.1) is 0 Å². The smallest absolute Gasteiger partial charge is 0.244 e. The van der Waals surface area contributed by atoms with Crippen molar-refractivity contribution < 1.29 is 13.2 Å². The molecule has 0 radical (unpaired) electrons. The van der Waals surface area contributed by atoms with Gasteiger partial charge in [-0.3, -0.25) is 4.79 Å². The highest BCUT2D eigenvalue weighted by Gasteiger charge is 2.31. The van der Waals surface area contributed by atoms with Crippen molar-refractivity contribution in [2.75, 3.05) is 25.0 Å². The fourth-order valence-electron chi connectivity index (χ4n) is 2.68. The van der Waals surface area contributed by atoms with E-state index < -0.39 is 10.0 Å². The molecule has 0 aliphatic carbocycles. The normalized spacial score (nSPS) is 23.0. The summed E-state index contributed by atoms with van der Waals surface area (Å²) in [4.78, 5) is 11.7. The molecule has 1 aromatic rings. The average molecular weight is 374 g/mol. The van der Waals surface area contributed by atoms with Crippen LogP contribution >= 0.6 is 15.9 Å². The average Bonchev–Trinajstić information content (AvgIpc) is 2.76. The maximum absolute atomic E-state index is 12.8. The SMILES string of the molecule is C[C@@H]1CN(S(=O)(=O)c2cc3c(cc2Br)NC(=O)C3)CCN1. The summed E-state index contributed by atoms with van der Waals surface area (Å²) in [5, 5.41) is 5.94. The van der Waals surface area contributed by atoms with E-state index in [1.807, 2.05) is 6.92 Å². The Hall–Kier alpha value is -0.960. The molecule has 1 amide bonds. The number of carbonyl (C=O) groups excluding carboxylic acids is 1. The Bertz CT molecular complexity index is 705. The fourth-order valence-corrected chi connectivity index (χ4v) is 5.26. The standard InChI is InChI=1S/C13H16BrN3O3S/c1-8-7-17(3-2-15-8)21(19,20)12-4-9-5-13(18)16-11(9)6-10(12)14/h4,6,8,15H,2-3,5,7H2,1H3,(H,16,18)/t8-/m1/s1. The van der Waals surface area contributed by atoms with Crippen LogP contribution in [0.5, 0.6) is 0 Å². The minimum Gasteiger partial charge on any atom is -0.325 e. The summed E-state index contributed by atoms with van der Waals surface area (Å²) in [6.45, 7) is 3.50. The molecule has 0 bridgehead atoms. The molecule has 21 heavy (non-hydrogen) atoms. The van der Waals surface area contributed by atoms with Crippen LogP contribution in [0.3, 0.4) is 0 Å². The van der Waals surface area contributed by atoms with Crippen LogP contribution < -0.4 is 10.6 Å². The molecular weight excluding hydrogens is 358 g/mol. The van der Waals surface area contributed by atoms with Crippen molar-refractivity contribution in [1.82, 2.24) is 9.62 Å². The Morgan fingerprint density at radius 2 is 2.14 bits per heavy atom. The Morgan fingerprint density at radius 1 is 1.38 bits per heavy atom. The monoisotopic (exact) mass is 373 g/mol. The predicted molar refractivity (Wildman–Crippen MR) is 82.7 cm³/mol. The van der Waals surface area contributed by atoms with E-state index in [4.69, 9.17) is 0 Å². The van der Waals surface area contributed by atoms with Crippen LogP contribution in [-0.2, 0) is 21.2 Å². The summed E-state index contributed by atoms with van der Waals surface area (Å²) in [6.07, 6.45) is 0.225. The van der Waals surface area contributed by atoms with Gasteiger partial charge in [-0.15, -0.1) is 0 Å². The maximum Gasteiger partial charge on any atom is 0.244 e. The van der Waals surface area contributed by atoms with Crippen LogP contribution in [0.2, 0.25) is 0 Å². The first-order valence-electron chi connectivity index (χ1n) is 6.74. The van der Waals surface area contributed by atoms with Crippen molar-refractivity contribution in [1.29, 1.82) is 0 Å². The number of hydrogen-bond acceptors (Lipinski definition) is 4. The third-order valence-corrected chi connectivity index (χ3v) is 6.56. The van der Waals surface area contributed by atoms with Crippen molar-refractivity contribution in [3.8, 4) is 0 Å². The Balaban J connectivity index is 2.00. The molecule has 2 aliphatic rings. The quantitative estimate of drug-likeness (QED) is 0.807. The number of benzene rings is 1. The van der Waals surface area contributed by atoms with Gasteiger partial charge in [-0.05, 0) is 40.5 Å². The summed E-state index contributed by atoms with van der Waals surface area (Å²) in [5.74, 6) is -0.109. The zero-order chi connectivity index (χ0) is 15.2. The molecule has 8 heteroatoms. The maximum atomic E-state index is 12.8. The third-order valence-electron chi connectivity index (χ3n) is 3.73. The molecule has 0 saturated carbocycles. The van der Waals surface area contributed by atoms with E-state index in [1.54, 1.807) is 12.1 Å². The number of carbonyl (C=O) groups is 1. The molecule has 3 rings (SSSR count). The van der Waals surface area contributed by atoms with Gasteiger partial charge in [0.25, 0.3) is 0 Å². The molecule has 2 aliphatic heterocycles. The van der Waals surface area contributed by atoms with Crippen LogP contribution in [-0.4, -0.2) is 44.3 Å². The van der Waals surface area contributed by atoms with E-state index in [0.717, 1.165) is 5.56 Å². The van der Waals surface area contributed by atoms with E-state index in [9.17, 15) is 13.2 Å². The van der Waals surface area contributed by atoms with E-state index in [2.05, 4.69) is 26.6 Å². The number of piperazine rings is 1. The molecule has 2 heterocycles. The number of hydrogen-bond donors (Lipinski definition) is 2. The number of sulfonamides is 1. The summed E-state index contributed by atoms with van der Waals surface area (Å²) in [5.41, 5.74) is 1.41. The molecule has 6 nitrogen and oxygen atoms in total. The lowest BCUT2D eigenvalue weighted by molar-refractivity contribution is -0.115. The van der Waals surface area contributed by atoms with E-state index >= 15 is 0 Å². The molecule has 1 fully saturated rings. The lowest BCUT2D eigenvalue weighted by Gasteiger charge is -2.31. The molecule has 0 aromatic heterocycles. The van der Waals surface area contributed by atoms with Crippen LogP contribution in [0.4, 0.5) is 5.69 Å². The molecule has 2 N–H and O–H groups in total. The second-order valence-electron chi connectivity index (χ2n) is 5.38. The summed E-state index contributed by atoms with van der Waals surface area (Å²) in [7, 11) is -3.56. The van der Waals surface area contributed by atoms with Gasteiger partial charge in [0, 0.05) is 35.8 Å². The zero-order valence-corrected chi connectivity index (χ0v) is 13.9. The first-order valence-corrected chi connectivity index (χ1v) is 8.97.